The lowest BCUT2D eigenvalue weighted by molar-refractivity contribution is -0.00697. The van der Waals surface area contributed by atoms with Gasteiger partial charge in [0.2, 0.25) is 0 Å². The van der Waals surface area contributed by atoms with Crippen LogP contribution in [0.4, 0.5) is 0 Å². The summed E-state index contributed by atoms with van der Waals surface area (Å²) in [7, 11) is 1.64. The largest absolute Gasteiger partial charge is 0.497 e. The molecule has 0 bridgehead atoms. The molecule has 1 spiro atoms. The Morgan fingerprint density at radius 2 is 1.85 bits per heavy atom. The molecule has 0 saturated carbocycles. The summed E-state index contributed by atoms with van der Waals surface area (Å²) < 4.78 is 17.0. The van der Waals surface area contributed by atoms with Crippen molar-refractivity contribution in [2.75, 3.05) is 26.8 Å². The number of carbonyl (C=O) groups is 1. The standard InChI is InChI=1S/C21H25NO4/c1-24-17-6-4-16(5-7-17)18-8-9-19(26-18)20(23)22-13-2-10-21(12-14-22)11-3-15-25-21/h4-9H,2-3,10-15H2,1H3. The molecular weight excluding hydrogens is 330 g/mol. The topological polar surface area (TPSA) is 51.9 Å². The van der Waals surface area contributed by atoms with Crippen LogP contribution < -0.4 is 4.74 Å². The molecule has 5 nitrogen and oxygen atoms in total. The second-order valence-electron chi connectivity index (χ2n) is 7.17. The number of ether oxygens (including phenoxy) is 2. The highest BCUT2D eigenvalue weighted by Crippen LogP contribution is 2.36. The van der Waals surface area contributed by atoms with E-state index >= 15 is 0 Å². The molecule has 2 aliphatic heterocycles. The number of methoxy groups -OCH3 is 1. The molecule has 0 radical (unpaired) electrons. The van der Waals surface area contributed by atoms with Crippen LogP contribution in [0.25, 0.3) is 11.3 Å². The van der Waals surface area contributed by atoms with Gasteiger partial charge < -0.3 is 18.8 Å². The van der Waals surface area contributed by atoms with Crippen molar-refractivity contribution in [2.45, 2.75) is 37.7 Å². The zero-order valence-corrected chi connectivity index (χ0v) is 15.2. The predicted molar refractivity (Wildman–Crippen MR) is 98.4 cm³/mol. The lowest BCUT2D eigenvalue weighted by atomic mass is 9.92. The van der Waals surface area contributed by atoms with Crippen LogP contribution in [0.3, 0.4) is 0 Å². The molecule has 0 aliphatic carbocycles. The van der Waals surface area contributed by atoms with E-state index in [1.807, 2.05) is 35.2 Å². The van der Waals surface area contributed by atoms with Gasteiger partial charge in [0.05, 0.1) is 12.7 Å². The van der Waals surface area contributed by atoms with Crippen LogP contribution in [-0.2, 0) is 4.74 Å². The van der Waals surface area contributed by atoms with E-state index in [1.54, 1.807) is 13.2 Å². The Labute approximate surface area is 153 Å². The first-order valence-electron chi connectivity index (χ1n) is 9.37. The maximum Gasteiger partial charge on any atom is 0.289 e. The highest BCUT2D eigenvalue weighted by atomic mass is 16.5. The van der Waals surface area contributed by atoms with E-state index in [9.17, 15) is 4.79 Å². The van der Waals surface area contributed by atoms with Crippen LogP contribution in [0.1, 0.15) is 42.7 Å². The second-order valence-corrected chi connectivity index (χ2v) is 7.17. The Bertz CT molecular complexity index is 759. The molecule has 1 aromatic carbocycles. The number of furan rings is 1. The molecule has 1 amide bonds. The lowest BCUT2D eigenvalue weighted by Gasteiger charge is -2.26. The Morgan fingerprint density at radius 1 is 1.04 bits per heavy atom. The van der Waals surface area contributed by atoms with Crippen molar-refractivity contribution >= 4 is 5.91 Å². The summed E-state index contributed by atoms with van der Waals surface area (Å²) in [6.45, 7) is 2.36. The number of amides is 1. The van der Waals surface area contributed by atoms with Gasteiger partial charge in [-0.3, -0.25) is 4.79 Å². The fourth-order valence-electron chi connectivity index (χ4n) is 4.04. The second kappa shape index (κ2) is 7.16. The Hall–Kier alpha value is -2.27. The molecule has 5 heteroatoms. The van der Waals surface area contributed by atoms with Crippen molar-refractivity contribution in [3.63, 3.8) is 0 Å². The van der Waals surface area contributed by atoms with E-state index in [0.29, 0.717) is 11.5 Å². The summed E-state index contributed by atoms with van der Waals surface area (Å²) in [5, 5.41) is 0. The van der Waals surface area contributed by atoms with E-state index in [1.165, 1.54) is 0 Å². The number of carbonyl (C=O) groups excluding carboxylic acids is 1. The van der Waals surface area contributed by atoms with E-state index in [0.717, 1.165) is 63.1 Å². The summed E-state index contributed by atoms with van der Waals surface area (Å²) in [5.74, 6) is 1.87. The average molecular weight is 355 g/mol. The molecule has 0 N–H and O–H groups in total. The smallest absolute Gasteiger partial charge is 0.289 e. The molecular formula is C21H25NO4. The summed E-state index contributed by atoms with van der Waals surface area (Å²) >= 11 is 0. The van der Waals surface area contributed by atoms with Gasteiger partial charge in [-0.25, -0.2) is 0 Å². The first-order valence-corrected chi connectivity index (χ1v) is 9.37. The van der Waals surface area contributed by atoms with Gasteiger partial charge in [-0.05, 0) is 68.5 Å². The minimum absolute atomic E-state index is 0.00640. The van der Waals surface area contributed by atoms with Gasteiger partial charge in [0.25, 0.3) is 5.91 Å². The minimum atomic E-state index is -0.0280. The summed E-state index contributed by atoms with van der Waals surface area (Å²) in [4.78, 5) is 14.8. The van der Waals surface area contributed by atoms with Crippen LogP contribution in [0.15, 0.2) is 40.8 Å². The maximum atomic E-state index is 12.9. The maximum absolute atomic E-state index is 12.9. The lowest BCUT2D eigenvalue weighted by Crippen LogP contribution is -2.34. The fraction of sp³-hybridized carbons (Fsp3) is 0.476. The molecule has 2 fully saturated rings. The van der Waals surface area contributed by atoms with Crippen LogP contribution in [0.5, 0.6) is 5.75 Å². The molecule has 138 valence electrons. The van der Waals surface area contributed by atoms with Crippen molar-refractivity contribution in [1.29, 1.82) is 0 Å². The first-order chi connectivity index (χ1) is 12.7. The van der Waals surface area contributed by atoms with E-state index in [4.69, 9.17) is 13.9 Å². The minimum Gasteiger partial charge on any atom is -0.497 e. The molecule has 1 atom stereocenters. The fourth-order valence-corrected chi connectivity index (χ4v) is 4.04. The number of nitrogens with zero attached hydrogens (tertiary/aromatic N) is 1. The Kier molecular flexibility index (Phi) is 4.72. The number of likely N-dealkylation sites (tertiary alicyclic amines) is 1. The summed E-state index contributed by atoms with van der Waals surface area (Å²) in [5.41, 5.74) is 0.936. The van der Waals surface area contributed by atoms with Gasteiger partial charge in [0.1, 0.15) is 11.5 Å². The number of benzene rings is 1. The highest BCUT2D eigenvalue weighted by Gasteiger charge is 2.37. The van der Waals surface area contributed by atoms with Crippen molar-refractivity contribution in [2.24, 2.45) is 0 Å². The quantitative estimate of drug-likeness (QED) is 0.831. The third kappa shape index (κ3) is 3.36. The third-order valence-electron chi connectivity index (χ3n) is 5.56. The molecule has 3 heterocycles. The van der Waals surface area contributed by atoms with Gasteiger partial charge in [0.15, 0.2) is 5.76 Å². The van der Waals surface area contributed by atoms with Gasteiger partial charge in [-0.15, -0.1) is 0 Å². The molecule has 1 aromatic heterocycles. The molecule has 2 aliphatic rings. The average Bonchev–Trinajstić information content (AvgIpc) is 3.29. The Morgan fingerprint density at radius 3 is 2.58 bits per heavy atom. The van der Waals surface area contributed by atoms with E-state index < -0.39 is 0 Å². The summed E-state index contributed by atoms with van der Waals surface area (Å²) in [6.07, 6.45) is 5.21. The molecule has 1 unspecified atom stereocenters. The monoisotopic (exact) mass is 355 g/mol. The molecule has 4 rings (SSSR count). The summed E-state index contributed by atoms with van der Waals surface area (Å²) in [6, 6.07) is 11.3. The first kappa shape index (κ1) is 17.2. The van der Waals surface area contributed by atoms with Gasteiger partial charge >= 0.3 is 0 Å². The molecule has 26 heavy (non-hydrogen) atoms. The zero-order valence-electron chi connectivity index (χ0n) is 15.2. The molecule has 2 saturated heterocycles. The van der Waals surface area contributed by atoms with Crippen molar-refractivity contribution in [1.82, 2.24) is 4.90 Å². The third-order valence-corrected chi connectivity index (χ3v) is 5.56. The van der Waals surface area contributed by atoms with Gasteiger partial charge in [-0.2, -0.15) is 0 Å². The Balaban J connectivity index is 1.45. The van der Waals surface area contributed by atoms with Crippen LogP contribution in [0, 0.1) is 0 Å². The number of hydrogen-bond acceptors (Lipinski definition) is 4. The SMILES string of the molecule is COc1ccc(-c2ccc(C(=O)N3CCCC4(CCCO4)CC3)o2)cc1. The van der Waals surface area contributed by atoms with Crippen molar-refractivity contribution < 1.29 is 18.7 Å². The van der Waals surface area contributed by atoms with E-state index in [-0.39, 0.29) is 11.5 Å². The zero-order chi connectivity index (χ0) is 18.0. The predicted octanol–water partition coefficient (Wildman–Crippen LogP) is 4.13. The highest BCUT2D eigenvalue weighted by molar-refractivity contribution is 5.92. The van der Waals surface area contributed by atoms with Crippen molar-refractivity contribution in [3.05, 3.63) is 42.2 Å². The molecule has 2 aromatic rings. The van der Waals surface area contributed by atoms with Crippen LogP contribution in [-0.4, -0.2) is 43.2 Å². The van der Waals surface area contributed by atoms with E-state index in [2.05, 4.69) is 0 Å². The van der Waals surface area contributed by atoms with Gasteiger partial charge in [-0.1, -0.05) is 0 Å². The number of hydrogen-bond donors (Lipinski definition) is 0. The van der Waals surface area contributed by atoms with Crippen LogP contribution >= 0.6 is 0 Å². The normalized spacial score (nSPS) is 23.2. The van der Waals surface area contributed by atoms with Crippen LogP contribution in [0.2, 0.25) is 0 Å². The van der Waals surface area contributed by atoms with Crippen molar-refractivity contribution in [3.8, 4) is 17.1 Å². The number of rotatable bonds is 3. The van der Waals surface area contributed by atoms with Gasteiger partial charge in [0, 0.05) is 25.3 Å².